The van der Waals surface area contributed by atoms with Crippen molar-refractivity contribution in [2.24, 2.45) is 0 Å². The predicted octanol–water partition coefficient (Wildman–Crippen LogP) is 1.35. The summed E-state index contributed by atoms with van der Waals surface area (Å²) in [5.74, 6) is -1.25. The number of aryl methyl sites for hydroxylation is 1. The zero-order valence-corrected chi connectivity index (χ0v) is 6.77. The molecule has 1 heterocycles. The van der Waals surface area contributed by atoms with Crippen molar-refractivity contribution in [3.05, 3.63) is 27.9 Å². The lowest BCUT2D eigenvalue weighted by Gasteiger charge is -2.04. The molecular formula is C7H7F3N2O. The Hall–Kier alpha value is -1.33. The number of halogens is 3. The van der Waals surface area contributed by atoms with Crippen LogP contribution in [0.2, 0.25) is 0 Å². The van der Waals surface area contributed by atoms with Gasteiger partial charge in [-0.25, -0.2) is 4.98 Å². The van der Waals surface area contributed by atoms with Crippen LogP contribution in [-0.4, -0.2) is 9.97 Å². The summed E-state index contributed by atoms with van der Waals surface area (Å²) in [4.78, 5) is 15.7. The van der Waals surface area contributed by atoms with E-state index in [1.54, 1.807) is 11.9 Å². The van der Waals surface area contributed by atoms with Crippen molar-refractivity contribution in [2.45, 2.75) is 19.5 Å². The standard InChI is InChI=1S/C7H7F3N2O/c1-2-4-3-11-6(7(8,9)10)12-5(4)13/h3H,2H2,1H3,(H,11,12,13). The summed E-state index contributed by atoms with van der Waals surface area (Å²) in [5.41, 5.74) is -0.488. The van der Waals surface area contributed by atoms with Crippen molar-refractivity contribution in [2.75, 3.05) is 0 Å². The van der Waals surface area contributed by atoms with Gasteiger partial charge in [0.05, 0.1) is 0 Å². The maximum Gasteiger partial charge on any atom is 0.449 e. The number of H-pyrrole nitrogens is 1. The Labute approximate surface area is 71.6 Å². The number of aromatic amines is 1. The summed E-state index contributed by atoms with van der Waals surface area (Å²) in [7, 11) is 0. The number of rotatable bonds is 1. The van der Waals surface area contributed by atoms with Gasteiger partial charge in [0.25, 0.3) is 5.56 Å². The Balaban J connectivity index is 3.18. The second-order valence-corrected chi connectivity index (χ2v) is 2.44. The molecule has 1 aromatic rings. The fraction of sp³-hybridized carbons (Fsp3) is 0.429. The molecule has 3 nitrogen and oxygen atoms in total. The van der Waals surface area contributed by atoms with Crippen molar-refractivity contribution >= 4 is 0 Å². The van der Waals surface area contributed by atoms with E-state index in [0.717, 1.165) is 6.20 Å². The summed E-state index contributed by atoms with van der Waals surface area (Å²) in [6.07, 6.45) is -3.28. The molecule has 0 bridgehead atoms. The fourth-order valence-corrected chi connectivity index (χ4v) is 0.817. The summed E-state index contributed by atoms with van der Waals surface area (Å²) in [6, 6.07) is 0. The molecule has 6 heteroatoms. The second-order valence-electron chi connectivity index (χ2n) is 2.44. The van der Waals surface area contributed by atoms with E-state index in [9.17, 15) is 18.0 Å². The minimum atomic E-state index is -4.59. The Bertz CT molecular complexity index is 355. The highest BCUT2D eigenvalue weighted by Gasteiger charge is 2.33. The van der Waals surface area contributed by atoms with Gasteiger partial charge in [-0.05, 0) is 6.42 Å². The Morgan fingerprint density at radius 1 is 1.54 bits per heavy atom. The maximum atomic E-state index is 12.0. The van der Waals surface area contributed by atoms with Crippen LogP contribution < -0.4 is 5.56 Å². The lowest BCUT2D eigenvalue weighted by molar-refractivity contribution is -0.145. The van der Waals surface area contributed by atoms with Gasteiger partial charge in [-0.1, -0.05) is 6.92 Å². The minimum absolute atomic E-state index is 0.244. The van der Waals surface area contributed by atoms with Crippen molar-refractivity contribution < 1.29 is 13.2 Å². The Morgan fingerprint density at radius 3 is 2.54 bits per heavy atom. The molecule has 0 aliphatic rings. The second kappa shape index (κ2) is 3.20. The number of hydrogen-bond donors (Lipinski definition) is 1. The molecule has 1 rings (SSSR count). The van der Waals surface area contributed by atoms with E-state index in [1.807, 2.05) is 0 Å². The first-order chi connectivity index (χ1) is 5.95. The van der Waals surface area contributed by atoms with Crippen LogP contribution in [0.3, 0.4) is 0 Å². The largest absolute Gasteiger partial charge is 0.449 e. The van der Waals surface area contributed by atoms with E-state index >= 15 is 0 Å². The first kappa shape index (κ1) is 9.76. The van der Waals surface area contributed by atoms with E-state index in [0.29, 0.717) is 6.42 Å². The summed E-state index contributed by atoms with van der Waals surface area (Å²) < 4.78 is 35.9. The molecule has 0 aliphatic heterocycles. The molecule has 0 fully saturated rings. The Kier molecular flexibility index (Phi) is 2.40. The number of hydrogen-bond acceptors (Lipinski definition) is 2. The molecule has 0 radical (unpaired) electrons. The van der Waals surface area contributed by atoms with E-state index in [4.69, 9.17) is 0 Å². The van der Waals surface area contributed by atoms with Crippen molar-refractivity contribution in [1.82, 2.24) is 9.97 Å². The van der Waals surface area contributed by atoms with Gasteiger partial charge < -0.3 is 4.98 Å². The zero-order chi connectivity index (χ0) is 10.1. The van der Waals surface area contributed by atoms with Gasteiger partial charge in [0.2, 0.25) is 5.82 Å². The van der Waals surface area contributed by atoms with Crippen LogP contribution in [0.15, 0.2) is 11.0 Å². The highest BCUT2D eigenvalue weighted by atomic mass is 19.4. The molecule has 0 atom stereocenters. The molecule has 0 spiro atoms. The minimum Gasteiger partial charge on any atom is -0.303 e. The van der Waals surface area contributed by atoms with Crippen LogP contribution in [0.5, 0.6) is 0 Å². The van der Waals surface area contributed by atoms with Gasteiger partial charge in [-0.2, -0.15) is 13.2 Å². The number of aromatic nitrogens is 2. The molecule has 72 valence electrons. The van der Waals surface area contributed by atoms with Crippen LogP contribution in [-0.2, 0) is 12.6 Å². The molecule has 1 aromatic heterocycles. The molecule has 0 unspecified atom stereocenters. The monoisotopic (exact) mass is 192 g/mol. The van der Waals surface area contributed by atoms with E-state index < -0.39 is 17.6 Å². The first-order valence-corrected chi connectivity index (χ1v) is 3.60. The molecular weight excluding hydrogens is 185 g/mol. The predicted molar refractivity (Wildman–Crippen MR) is 39.2 cm³/mol. The highest BCUT2D eigenvalue weighted by Crippen LogP contribution is 2.24. The third-order valence-corrected chi connectivity index (χ3v) is 1.52. The quantitative estimate of drug-likeness (QED) is 0.729. The molecule has 13 heavy (non-hydrogen) atoms. The first-order valence-electron chi connectivity index (χ1n) is 3.60. The molecule has 0 aromatic carbocycles. The summed E-state index contributed by atoms with van der Waals surface area (Å²) in [5, 5.41) is 0. The maximum absolute atomic E-state index is 12.0. The topological polar surface area (TPSA) is 45.8 Å². The van der Waals surface area contributed by atoms with E-state index in [1.165, 1.54) is 0 Å². The summed E-state index contributed by atoms with van der Waals surface area (Å²) >= 11 is 0. The van der Waals surface area contributed by atoms with Gasteiger partial charge in [0.1, 0.15) is 0 Å². The smallest absolute Gasteiger partial charge is 0.303 e. The van der Waals surface area contributed by atoms with Crippen molar-refractivity contribution in [3.8, 4) is 0 Å². The number of alkyl halides is 3. The van der Waals surface area contributed by atoms with Crippen LogP contribution >= 0.6 is 0 Å². The number of nitrogens with zero attached hydrogens (tertiary/aromatic N) is 1. The van der Waals surface area contributed by atoms with Crippen LogP contribution in [0.1, 0.15) is 18.3 Å². The molecule has 0 saturated heterocycles. The third kappa shape index (κ3) is 2.07. The highest BCUT2D eigenvalue weighted by molar-refractivity contribution is 5.06. The lowest BCUT2D eigenvalue weighted by atomic mass is 10.3. The van der Waals surface area contributed by atoms with Crippen LogP contribution in [0.25, 0.3) is 0 Å². The van der Waals surface area contributed by atoms with Gasteiger partial charge in [-0.3, -0.25) is 4.79 Å². The van der Waals surface area contributed by atoms with E-state index in [2.05, 4.69) is 4.98 Å². The average Bonchev–Trinajstić information content (AvgIpc) is 2.02. The average molecular weight is 192 g/mol. The fourth-order valence-electron chi connectivity index (χ4n) is 0.817. The van der Waals surface area contributed by atoms with Gasteiger partial charge in [-0.15, -0.1) is 0 Å². The zero-order valence-electron chi connectivity index (χ0n) is 6.77. The van der Waals surface area contributed by atoms with Gasteiger partial charge >= 0.3 is 6.18 Å². The SMILES string of the molecule is CCc1cnc(C(F)(F)F)[nH]c1=O. The molecule has 0 saturated carbocycles. The van der Waals surface area contributed by atoms with Crippen molar-refractivity contribution in [3.63, 3.8) is 0 Å². The molecule has 0 aliphatic carbocycles. The van der Waals surface area contributed by atoms with Crippen LogP contribution in [0.4, 0.5) is 13.2 Å². The van der Waals surface area contributed by atoms with Gasteiger partial charge in [0, 0.05) is 11.8 Å². The van der Waals surface area contributed by atoms with Gasteiger partial charge in [0.15, 0.2) is 0 Å². The normalized spacial score (nSPS) is 11.7. The molecule has 0 amide bonds. The summed E-state index contributed by atoms with van der Waals surface area (Å²) in [6.45, 7) is 1.67. The van der Waals surface area contributed by atoms with Crippen LogP contribution in [0, 0.1) is 0 Å². The lowest BCUT2D eigenvalue weighted by Crippen LogP contribution is -2.21. The third-order valence-electron chi connectivity index (χ3n) is 1.52. The number of nitrogens with one attached hydrogen (secondary N) is 1. The van der Waals surface area contributed by atoms with Crippen molar-refractivity contribution in [1.29, 1.82) is 0 Å². The molecule has 1 N–H and O–H groups in total. The Morgan fingerprint density at radius 2 is 2.15 bits per heavy atom. The van der Waals surface area contributed by atoms with E-state index in [-0.39, 0.29) is 5.56 Å².